The zero-order chi connectivity index (χ0) is 12.8. The quantitative estimate of drug-likeness (QED) is 0.800. The molecule has 3 nitrogen and oxygen atoms in total. The Morgan fingerprint density at radius 1 is 1.47 bits per heavy atom. The van der Waals surface area contributed by atoms with Crippen LogP contribution in [0.25, 0.3) is 0 Å². The summed E-state index contributed by atoms with van der Waals surface area (Å²) in [5, 5.41) is 3.27. The van der Waals surface area contributed by atoms with Gasteiger partial charge in [-0.2, -0.15) is 0 Å². The van der Waals surface area contributed by atoms with Crippen molar-refractivity contribution in [2.75, 3.05) is 13.6 Å². The minimum Gasteiger partial charge on any atom is -0.342 e. The van der Waals surface area contributed by atoms with Crippen LogP contribution in [0.3, 0.4) is 0 Å². The van der Waals surface area contributed by atoms with E-state index in [9.17, 15) is 4.79 Å². The maximum Gasteiger partial charge on any atom is 0.236 e. The lowest BCUT2D eigenvalue weighted by atomic mass is 9.86. The van der Waals surface area contributed by atoms with E-state index < -0.39 is 0 Å². The number of hydrogen-bond donors (Lipinski definition) is 1. The van der Waals surface area contributed by atoms with Gasteiger partial charge in [-0.1, -0.05) is 26.7 Å². The standard InChI is InChI=1S/C14H28N2O/c1-5-12(3)15-10-14(17)16(4)13-8-6-7-11(2)9-13/h11-13,15H,5-10H2,1-4H3. The molecule has 3 atom stereocenters. The summed E-state index contributed by atoms with van der Waals surface area (Å²) in [5.74, 6) is 1.01. The molecule has 0 radical (unpaired) electrons. The van der Waals surface area contributed by atoms with Gasteiger partial charge in [-0.3, -0.25) is 4.79 Å². The van der Waals surface area contributed by atoms with Crippen molar-refractivity contribution in [2.24, 2.45) is 5.92 Å². The number of nitrogens with one attached hydrogen (secondary N) is 1. The Morgan fingerprint density at radius 3 is 2.76 bits per heavy atom. The first-order valence-electron chi connectivity index (χ1n) is 7.03. The van der Waals surface area contributed by atoms with Crippen molar-refractivity contribution >= 4 is 5.91 Å². The second kappa shape index (κ2) is 7.00. The molecule has 3 heteroatoms. The molecule has 1 rings (SSSR count). The maximum atomic E-state index is 12.0. The predicted molar refractivity (Wildman–Crippen MR) is 71.9 cm³/mol. The monoisotopic (exact) mass is 240 g/mol. The maximum absolute atomic E-state index is 12.0. The van der Waals surface area contributed by atoms with Crippen LogP contribution in [0.2, 0.25) is 0 Å². The lowest BCUT2D eigenvalue weighted by molar-refractivity contribution is -0.131. The summed E-state index contributed by atoms with van der Waals surface area (Å²) in [6.07, 6.45) is 6.00. The van der Waals surface area contributed by atoms with Gasteiger partial charge in [0.2, 0.25) is 5.91 Å². The minimum atomic E-state index is 0.240. The first kappa shape index (κ1) is 14.5. The van der Waals surface area contributed by atoms with Crippen LogP contribution >= 0.6 is 0 Å². The third-order valence-corrected chi connectivity index (χ3v) is 4.06. The van der Waals surface area contributed by atoms with E-state index in [4.69, 9.17) is 0 Å². The summed E-state index contributed by atoms with van der Waals surface area (Å²) < 4.78 is 0. The fourth-order valence-electron chi connectivity index (χ4n) is 2.49. The van der Waals surface area contributed by atoms with Crippen molar-refractivity contribution in [1.29, 1.82) is 0 Å². The van der Waals surface area contributed by atoms with E-state index in [1.807, 2.05) is 11.9 Å². The Hall–Kier alpha value is -0.570. The summed E-state index contributed by atoms with van der Waals surface area (Å²) >= 11 is 0. The normalized spacial score (nSPS) is 26.6. The van der Waals surface area contributed by atoms with Gasteiger partial charge < -0.3 is 10.2 Å². The molecule has 100 valence electrons. The van der Waals surface area contributed by atoms with E-state index in [-0.39, 0.29) is 5.91 Å². The van der Waals surface area contributed by atoms with Crippen LogP contribution in [0.15, 0.2) is 0 Å². The van der Waals surface area contributed by atoms with Crippen LogP contribution in [0.4, 0.5) is 0 Å². The number of carbonyl (C=O) groups is 1. The Balaban J connectivity index is 2.35. The molecule has 0 spiro atoms. The highest BCUT2D eigenvalue weighted by molar-refractivity contribution is 5.78. The van der Waals surface area contributed by atoms with Gasteiger partial charge in [0.25, 0.3) is 0 Å². The molecule has 0 aliphatic heterocycles. The minimum absolute atomic E-state index is 0.240. The smallest absolute Gasteiger partial charge is 0.236 e. The third-order valence-electron chi connectivity index (χ3n) is 4.06. The van der Waals surface area contributed by atoms with Crippen molar-refractivity contribution in [2.45, 2.75) is 65.0 Å². The Kier molecular flexibility index (Phi) is 5.96. The van der Waals surface area contributed by atoms with Crippen LogP contribution in [-0.4, -0.2) is 36.5 Å². The van der Waals surface area contributed by atoms with Crippen molar-refractivity contribution in [1.82, 2.24) is 10.2 Å². The second-order valence-corrected chi connectivity index (χ2v) is 5.62. The van der Waals surface area contributed by atoms with Gasteiger partial charge in [0.05, 0.1) is 6.54 Å². The van der Waals surface area contributed by atoms with E-state index in [0.717, 1.165) is 12.3 Å². The summed E-state index contributed by atoms with van der Waals surface area (Å²) in [7, 11) is 1.96. The van der Waals surface area contributed by atoms with Gasteiger partial charge in [-0.25, -0.2) is 0 Å². The van der Waals surface area contributed by atoms with Crippen molar-refractivity contribution in [3.05, 3.63) is 0 Å². The summed E-state index contributed by atoms with van der Waals surface area (Å²) in [4.78, 5) is 14.0. The summed E-state index contributed by atoms with van der Waals surface area (Å²) in [6.45, 7) is 7.03. The predicted octanol–water partition coefficient (Wildman–Crippen LogP) is 2.41. The molecule has 1 aliphatic carbocycles. The average Bonchev–Trinajstić information content (AvgIpc) is 2.34. The Morgan fingerprint density at radius 2 is 2.18 bits per heavy atom. The van der Waals surface area contributed by atoms with Crippen molar-refractivity contribution in [3.63, 3.8) is 0 Å². The van der Waals surface area contributed by atoms with Gasteiger partial charge >= 0.3 is 0 Å². The molecule has 0 aromatic carbocycles. The number of amides is 1. The van der Waals surface area contributed by atoms with E-state index in [1.54, 1.807) is 0 Å². The molecule has 17 heavy (non-hydrogen) atoms. The molecule has 3 unspecified atom stereocenters. The van der Waals surface area contributed by atoms with E-state index in [0.29, 0.717) is 18.6 Å². The number of nitrogens with zero attached hydrogens (tertiary/aromatic N) is 1. The zero-order valence-electron chi connectivity index (χ0n) is 11.8. The highest BCUT2D eigenvalue weighted by Gasteiger charge is 2.25. The molecule has 0 aromatic heterocycles. The van der Waals surface area contributed by atoms with Gasteiger partial charge in [-0.05, 0) is 32.1 Å². The highest BCUT2D eigenvalue weighted by atomic mass is 16.2. The fraction of sp³-hybridized carbons (Fsp3) is 0.929. The van der Waals surface area contributed by atoms with Crippen LogP contribution < -0.4 is 5.32 Å². The zero-order valence-corrected chi connectivity index (χ0v) is 11.8. The molecule has 1 aliphatic rings. The molecule has 1 saturated carbocycles. The van der Waals surface area contributed by atoms with E-state index in [1.165, 1.54) is 25.7 Å². The molecule has 0 bridgehead atoms. The van der Waals surface area contributed by atoms with Crippen LogP contribution in [-0.2, 0) is 4.79 Å². The third kappa shape index (κ3) is 4.66. The largest absolute Gasteiger partial charge is 0.342 e. The second-order valence-electron chi connectivity index (χ2n) is 5.62. The summed E-state index contributed by atoms with van der Waals surface area (Å²) in [6, 6.07) is 0.891. The fourth-order valence-corrected chi connectivity index (χ4v) is 2.49. The molecular weight excluding hydrogens is 212 g/mol. The van der Waals surface area contributed by atoms with Gasteiger partial charge in [0.1, 0.15) is 0 Å². The van der Waals surface area contributed by atoms with Crippen LogP contribution in [0.1, 0.15) is 52.9 Å². The van der Waals surface area contributed by atoms with Crippen LogP contribution in [0.5, 0.6) is 0 Å². The molecule has 0 aromatic rings. The summed E-state index contributed by atoms with van der Waals surface area (Å²) in [5.41, 5.74) is 0. The lowest BCUT2D eigenvalue weighted by Gasteiger charge is -2.34. The van der Waals surface area contributed by atoms with Gasteiger partial charge in [0, 0.05) is 19.1 Å². The number of rotatable bonds is 5. The molecular formula is C14H28N2O. The highest BCUT2D eigenvalue weighted by Crippen LogP contribution is 2.26. The van der Waals surface area contributed by atoms with Crippen LogP contribution in [0, 0.1) is 5.92 Å². The van der Waals surface area contributed by atoms with Crippen molar-refractivity contribution in [3.8, 4) is 0 Å². The number of carbonyl (C=O) groups excluding carboxylic acids is 1. The SMILES string of the molecule is CCC(C)NCC(=O)N(C)C1CCCC(C)C1. The molecule has 1 N–H and O–H groups in total. The molecule has 1 amide bonds. The Bertz CT molecular complexity index is 242. The van der Waals surface area contributed by atoms with Gasteiger partial charge in [0.15, 0.2) is 0 Å². The molecule has 0 saturated heterocycles. The van der Waals surface area contributed by atoms with E-state index >= 15 is 0 Å². The number of hydrogen-bond acceptors (Lipinski definition) is 2. The Labute approximate surface area is 106 Å². The van der Waals surface area contributed by atoms with Crippen molar-refractivity contribution < 1.29 is 4.79 Å². The average molecular weight is 240 g/mol. The lowest BCUT2D eigenvalue weighted by Crippen LogP contribution is -2.45. The topological polar surface area (TPSA) is 32.3 Å². The van der Waals surface area contributed by atoms with Gasteiger partial charge in [-0.15, -0.1) is 0 Å². The number of likely N-dealkylation sites (N-methyl/N-ethyl adjacent to an activating group) is 1. The molecule has 1 fully saturated rings. The first-order chi connectivity index (χ1) is 8.04. The van der Waals surface area contributed by atoms with E-state index in [2.05, 4.69) is 26.1 Å². The molecule has 0 heterocycles. The first-order valence-corrected chi connectivity index (χ1v) is 7.03.